The maximum absolute atomic E-state index is 12.5. The molecule has 6 nitrogen and oxygen atoms in total. The lowest BCUT2D eigenvalue weighted by Crippen LogP contribution is -2.47. The third-order valence-electron chi connectivity index (χ3n) is 4.88. The smallest absolute Gasteiger partial charge is 0.251 e. The van der Waals surface area contributed by atoms with E-state index in [0.717, 1.165) is 38.0 Å². The fraction of sp³-hybridized carbons (Fsp3) is 0.474. The quantitative estimate of drug-likeness (QED) is 0.730. The van der Waals surface area contributed by atoms with Crippen molar-refractivity contribution in [3.05, 3.63) is 54.1 Å². The monoisotopic (exact) mass is 414 g/mol. The molecule has 0 bridgehead atoms. The number of piperidine rings is 1. The minimum absolute atomic E-state index is 0. The number of carbonyl (C=O) groups is 1. The molecule has 3 rings (SSSR count). The molecule has 0 spiro atoms. The Kier molecular flexibility index (Phi) is 9.80. The van der Waals surface area contributed by atoms with Crippen LogP contribution in [0.3, 0.4) is 0 Å². The molecule has 1 amide bonds. The molecule has 8 heteroatoms. The van der Waals surface area contributed by atoms with E-state index in [2.05, 4.69) is 15.6 Å². The zero-order valence-electron chi connectivity index (χ0n) is 15.5. The van der Waals surface area contributed by atoms with Gasteiger partial charge in [-0.1, -0.05) is 12.1 Å². The zero-order chi connectivity index (χ0) is 17.5. The van der Waals surface area contributed by atoms with Crippen LogP contribution in [0.15, 0.2) is 43.0 Å². The van der Waals surface area contributed by atoms with Crippen LogP contribution in [-0.2, 0) is 11.3 Å². The summed E-state index contributed by atoms with van der Waals surface area (Å²) in [5, 5.41) is 6.46. The summed E-state index contributed by atoms with van der Waals surface area (Å²) in [6, 6.07) is 7.74. The molecule has 1 fully saturated rings. The van der Waals surface area contributed by atoms with Crippen LogP contribution in [0.1, 0.15) is 28.8 Å². The van der Waals surface area contributed by atoms with Crippen LogP contribution in [0.25, 0.3) is 0 Å². The molecule has 0 radical (unpaired) electrons. The number of benzene rings is 1. The van der Waals surface area contributed by atoms with E-state index >= 15 is 0 Å². The highest BCUT2D eigenvalue weighted by atomic mass is 35.5. The molecule has 1 aromatic carbocycles. The van der Waals surface area contributed by atoms with Gasteiger partial charge in [-0.05, 0) is 43.6 Å². The van der Waals surface area contributed by atoms with Crippen molar-refractivity contribution in [3.8, 4) is 0 Å². The van der Waals surface area contributed by atoms with E-state index in [1.807, 2.05) is 35.0 Å². The number of nitrogens with zero attached hydrogens (tertiary/aromatic N) is 2. The molecule has 0 aliphatic carbocycles. The van der Waals surface area contributed by atoms with Crippen molar-refractivity contribution in [2.75, 3.05) is 33.4 Å². The first-order valence-corrected chi connectivity index (χ1v) is 8.73. The number of rotatable bonds is 7. The zero-order valence-corrected chi connectivity index (χ0v) is 17.2. The summed E-state index contributed by atoms with van der Waals surface area (Å²) >= 11 is 0. The first-order chi connectivity index (χ1) is 12.2. The number of aromatic nitrogens is 2. The van der Waals surface area contributed by atoms with Gasteiger partial charge in [-0.3, -0.25) is 4.79 Å². The Morgan fingerprint density at radius 2 is 1.96 bits per heavy atom. The second-order valence-electron chi connectivity index (χ2n) is 6.80. The number of nitrogens with one attached hydrogen (secondary N) is 2. The van der Waals surface area contributed by atoms with Gasteiger partial charge >= 0.3 is 0 Å². The summed E-state index contributed by atoms with van der Waals surface area (Å²) in [5.74, 6) is -0.0248. The predicted octanol–water partition coefficient (Wildman–Crippen LogP) is 2.52. The van der Waals surface area contributed by atoms with Crippen molar-refractivity contribution >= 4 is 30.7 Å². The summed E-state index contributed by atoms with van der Waals surface area (Å²) in [4.78, 5) is 16.5. The van der Waals surface area contributed by atoms with E-state index in [1.165, 1.54) is 0 Å². The molecule has 150 valence electrons. The van der Waals surface area contributed by atoms with E-state index < -0.39 is 0 Å². The van der Waals surface area contributed by atoms with Gasteiger partial charge in [0.1, 0.15) is 0 Å². The Bertz CT molecular complexity index is 666. The van der Waals surface area contributed by atoms with Crippen LogP contribution in [0.4, 0.5) is 0 Å². The molecule has 2 N–H and O–H groups in total. The molecule has 0 saturated carbocycles. The molecular formula is C19H28Cl2N4O2. The van der Waals surface area contributed by atoms with Crippen LogP contribution in [0.5, 0.6) is 0 Å². The molecule has 1 aliphatic heterocycles. The molecule has 27 heavy (non-hydrogen) atoms. The summed E-state index contributed by atoms with van der Waals surface area (Å²) in [7, 11) is 1.73. The number of imidazole rings is 1. The van der Waals surface area contributed by atoms with E-state index in [4.69, 9.17) is 4.74 Å². The summed E-state index contributed by atoms with van der Waals surface area (Å²) in [6.45, 7) is 4.03. The van der Waals surface area contributed by atoms with Crippen molar-refractivity contribution in [1.82, 2.24) is 20.2 Å². The van der Waals surface area contributed by atoms with Gasteiger partial charge in [0.15, 0.2) is 0 Å². The fourth-order valence-corrected chi connectivity index (χ4v) is 3.36. The van der Waals surface area contributed by atoms with Crippen molar-refractivity contribution in [3.63, 3.8) is 0 Å². The van der Waals surface area contributed by atoms with Gasteiger partial charge in [-0.25, -0.2) is 4.98 Å². The van der Waals surface area contributed by atoms with Gasteiger partial charge in [0.05, 0.1) is 12.9 Å². The minimum Gasteiger partial charge on any atom is -0.384 e. The van der Waals surface area contributed by atoms with E-state index in [0.29, 0.717) is 18.7 Å². The standard InChI is InChI=1S/C19H26N4O2.2ClH/c1-25-14-19(6-8-20-9-7-19)13-22-18(24)17-4-2-16(3-5-17)12-23-11-10-21-15-23;;/h2-5,10-11,15,20H,6-9,12-14H2,1H3,(H,22,24);2*1H. The molecule has 1 aromatic heterocycles. The minimum atomic E-state index is -0.0248. The van der Waals surface area contributed by atoms with Gasteiger partial charge in [0.25, 0.3) is 5.91 Å². The SMILES string of the molecule is COCC1(CNC(=O)c2ccc(Cn3ccnc3)cc2)CCNCC1.Cl.Cl. The number of carbonyl (C=O) groups excluding carboxylic acids is 1. The summed E-state index contributed by atoms with van der Waals surface area (Å²) < 4.78 is 7.40. The molecule has 2 aromatic rings. The second kappa shape index (κ2) is 11.3. The average Bonchev–Trinajstić information content (AvgIpc) is 3.14. The lowest BCUT2D eigenvalue weighted by molar-refractivity contribution is 0.0512. The number of ether oxygens (including phenoxy) is 1. The number of amides is 1. The Hall–Kier alpha value is -1.60. The lowest BCUT2D eigenvalue weighted by atomic mass is 9.79. The lowest BCUT2D eigenvalue weighted by Gasteiger charge is -2.37. The van der Waals surface area contributed by atoms with E-state index in [9.17, 15) is 4.79 Å². The summed E-state index contributed by atoms with van der Waals surface area (Å²) in [6.07, 6.45) is 7.51. The third kappa shape index (κ3) is 6.50. The summed E-state index contributed by atoms with van der Waals surface area (Å²) in [5.41, 5.74) is 1.87. The highest BCUT2D eigenvalue weighted by Gasteiger charge is 2.32. The second-order valence-corrected chi connectivity index (χ2v) is 6.80. The third-order valence-corrected chi connectivity index (χ3v) is 4.88. The first kappa shape index (κ1) is 23.4. The topological polar surface area (TPSA) is 68.2 Å². The van der Waals surface area contributed by atoms with Crippen LogP contribution < -0.4 is 10.6 Å². The first-order valence-electron chi connectivity index (χ1n) is 8.73. The Balaban J connectivity index is 0.00000182. The normalized spacial score (nSPS) is 15.3. The number of hydrogen-bond acceptors (Lipinski definition) is 4. The number of halogens is 2. The molecule has 2 heterocycles. The highest BCUT2D eigenvalue weighted by molar-refractivity contribution is 5.94. The Morgan fingerprint density at radius 3 is 2.56 bits per heavy atom. The maximum Gasteiger partial charge on any atom is 0.251 e. The van der Waals surface area contributed by atoms with E-state index in [1.54, 1.807) is 19.6 Å². The Morgan fingerprint density at radius 1 is 1.26 bits per heavy atom. The molecule has 0 atom stereocenters. The van der Waals surface area contributed by atoms with Crippen molar-refractivity contribution in [2.45, 2.75) is 19.4 Å². The van der Waals surface area contributed by atoms with Crippen molar-refractivity contribution in [1.29, 1.82) is 0 Å². The number of methoxy groups -OCH3 is 1. The predicted molar refractivity (Wildman–Crippen MR) is 111 cm³/mol. The van der Waals surface area contributed by atoms with E-state index in [-0.39, 0.29) is 36.1 Å². The van der Waals surface area contributed by atoms with Crippen LogP contribution in [0, 0.1) is 5.41 Å². The van der Waals surface area contributed by atoms with Gasteiger partial charge in [-0.15, -0.1) is 24.8 Å². The van der Waals surface area contributed by atoms with Gasteiger partial charge < -0.3 is 19.9 Å². The number of hydrogen-bond donors (Lipinski definition) is 2. The van der Waals surface area contributed by atoms with Crippen molar-refractivity contribution < 1.29 is 9.53 Å². The highest BCUT2D eigenvalue weighted by Crippen LogP contribution is 2.28. The largest absolute Gasteiger partial charge is 0.384 e. The Labute approximate surface area is 172 Å². The maximum atomic E-state index is 12.5. The molecule has 0 unspecified atom stereocenters. The fourth-order valence-electron chi connectivity index (χ4n) is 3.36. The van der Waals surface area contributed by atoms with Crippen LogP contribution >= 0.6 is 24.8 Å². The van der Waals surface area contributed by atoms with Gasteiger partial charge in [0.2, 0.25) is 0 Å². The van der Waals surface area contributed by atoms with Gasteiger partial charge in [-0.2, -0.15) is 0 Å². The molecular weight excluding hydrogens is 387 g/mol. The van der Waals surface area contributed by atoms with Gasteiger partial charge in [0, 0.05) is 43.6 Å². The average molecular weight is 415 g/mol. The van der Waals surface area contributed by atoms with Crippen molar-refractivity contribution in [2.24, 2.45) is 5.41 Å². The molecule has 1 saturated heterocycles. The van der Waals surface area contributed by atoms with Crippen LogP contribution in [-0.4, -0.2) is 48.8 Å². The molecule has 1 aliphatic rings. The van der Waals surface area contributed by atoms with Crippen LogP contribution in [0.2, 0.25) is 0 Å².